The maximum atomic E-state index is 5.44. The second-order valence-electron chi connectivity index (χ2n) is 1.39. The van der Waals surface area contributed by atoms with Gasteiger partial charge in [-0.15, -0.1) is 0 Å². The first-order valence-corrected chi connectivity index (χ1v) is 3.91. The average molecular weight is 205 g/mol. The molecule has 0 atom stereocenters. The topological polar surface area (TPSA) is 0 Å². The minimum atomic E-state index is 0. The molecule has 1 aromatic rings. The molecule has 0 aliphatic heterocycles. The summed E-state index contributed by atoms with van der Waals surface area (Å²) in [5.41, 5.74) is 0. The van der Waals surface area contributed by atoms with E-state index in [2.05, 4.69) is 0 Å². The number of hydrogen-bond donors (Lipinski definition) is 0. The number of rotatable bonds is 1. The number of benzene rings is 1. The molecule has 1 rings (SSSR count). The van der Waals surface area contributed by atoms with Gasteiger partial charge in [-0.2, -0.15) is 0 Å². The quantitative estimate of drug-likeness (QED) is 0.676. The van der Waals surface area contributed by atoms with E-state index in [0.29, 0.717) is 0 Å². The van der Waals surface area contributed by atoms with Gasteiger partial charge in [-0.05, 0) is 33.8 Å². The lowest BCUT2D eigenvalue weighted by atomic mass is 10.4. The predicted octanol–water partition coefficient (Wildman–Crippen LogP) is 3.39. The van der Waals surface area contributed by atoms with Gasteiger partial charge in [-0.1, -0.05) is 18.2 Å². The Labute approximate surface area is 71.5 Å². The van der Waals surface area contributed by atoms with Crippen LogP contribution < -0.4 is 0 Å². The zero-order valence-electron chi connectivity index (χ0n) is 5.40. The molecule has 0 unspecified atom stereocenters. The Morgan fingerprint density at radius 2 is 1.36 bits per heavy atom. The lowest BCUT2D eigenvalue weighted by Crippen LogP contribution is -1.59. The van der Waals surface area contributed by atoms with E-state index in [4.69, 9.17) is 10.7 Å². The molecule has 0 nitrogen and oxygen atoms in total. The maximum Gasteiger partial charge on any atom is 0.0233 e. The normalized spacial score (nSPS) is 6.64. The van der Waals surface area contributed by atoms with Crippen LogP contribution in [0.15, 0.2) is 35.2 Å². The molecule has 0 fully saturated rings. The summed E-state index contributed by atoms with van der Waals surface area (Å²) in [7, 11) is 6.68. The van der Waals surface area contributed by atoms with Crippen molar-refractivity contribution in [3.05, 3.63) is 30.3 Å². The molecule has 0 bridgehead atoms. The Hall–Kier alpha value is -0.350. The molecule has 11 heavy (non-hydrogen) atoms. The van der Waals surface area contributed by atoms with Gasteiger partial charge in [0.1, 0.15) is 0 Å². The van der Waals surface area contributed by atoms with Crippen molar-refractivity contribution in [3.63, 3.8) is 0 Å². The third-order valence-electron chi connectivity index (χ3n) is 0.832. The molecular formula is C6H8ClF3S. The summed E-state index contributed by atoms with van der Waals surface area (Å²) in [4.78, 5) is 1.09. The van der Waals surface area contributed by atoms with Gasteiger partial charge >= 0.3 is 0 Å². The lowest BCUT2D eigenvalue weighted by molar-refractivity contribution is 1.11. The molecular weight excluding hydrogens is 197 g/mol. The van der Waals surface area contributed by atoms with Gasteiger partial charge in [0.25, 0.3) is 0 Å². The van der Waals surface area contributed by atoms with Gasteiger partial charge in [0.05, 0.1) is 0 Å². The van der Waals surface area contributed by atoms with Crippen molar-refractivity contribution < 1.29 is 14.1 Å². The highest BCUT2D eigenvalue weighted by Crippen LogP contribution is 2.19. The molecule has 5 heteroatoms. The van der Waals surface area contributed by atoms with E-state index in [1.807, 2.05) is 30.3 Å². The van der Waals surface area contributed by atoms with Gasteiger partial charge in [-0.25, -0.2) is 0 Å². The summed E-state index contributed by atoms with van der Waals surface area (Å²) in [5, 5.41) is 0. The molecule has 0 N–H and O–H groups in total. The summed E-state index contributed by atoms with van der Waals surface area (Å²) in [6, 6.07) is 9.83. The van der Waals surface area contributed by atoms with E-state index < -0.39 is 0 Å². The highest BCUT2D eigenvalue weighted by Gasteiger charge is 1.82. The Morgan fingerprint density at radius 1 is 0.909 bits per heavy atom. The lowest BCUT2D eigenvalue weighted by Gasteiger charge is -1.86. The third kappa shape index (κ3) is 6.06. The van der Waals surface area contributed by atoms with Crippen molar-refractivity contribution in [1.82, 2.24) is 0 Å². The molecule has 1 aromatic carbocycles. The van der Waals surface area contributed by atoms with Crippen molar-refractivity contribution in [2.24, 2.45) is 0 Å². The fourth-order valence-electron chi connectivity index (χ4n) is 0.472. The Balaban J connectivity index is -0.000000213. The molecule has 0 saturated heterocycles. The molecule has 0 amide bonds. The van der Waals surface area contributed by atoms with E-state index in [0.717, 1.165) is 4.90 Å². The first-order chi connectivity index (χ1) is 3.93. The summed E-state index contributed by atoms with van der Waals surface area (Å²) >= 11 is 0. The standard InChI is InChI=1S/C6H5ClS.3FH/c7-8-6-4-2-1-3-5-6;;;/h1-5H;3*1H. The molecule has 0 spiro atoms. The van der Waals surface area contributed by atoms with Crippen LogP contribution in [0.3, 0.4) is 0 Å². The van der Waals surface area contributed by atoms with Gasteiger partial charge in [0.2, 0.25) is 0 Å². The summed E-state index contributed by atoms with van der Waals surface area (Å²) in [6.07, 6.45) is 0. The van der Waals surface area contributed by atoms with E-state index >= 15 is 0 Å². The van der Waals surface area contributed by atoms with E-state index in [1.165, 1.54) is 11.0 Å². The highest BCUT2D eigenvalue weighted by atomic mass is 35.7. The van der Waals surface area contributed by atoms with Crippen molar-refractivity contribution in [3.8, 4) is 0 Å². The van der Waals surface area contributed by atoms with Crippen LogP contribution in [0.2, 0.25) is 0 Å². The Morgan fingerprint density at radius 3 is 1.64 bits per heavy atom. The van der Waals surface area contributed by atoms with Crippen molar-refractivity contribution in [2.45, 2.75) is 4.90 Å². The fraction of sp³-hybridized carbons (Fsp3) is 0. The largest absolute Gasteiger partial charge is 0.269 e. The van der Waals surface area contributed by atoms with E-state index in [9.17, 15) is 0 Å². The zero-order valence-corrected chi connectivity index (χ0v) is 6.97. The molecule has 66 valence electrons. The van der Waals surface area contributed by atoms with Crippen molar-refractivity contribution in [1.29, 1.82) is 0 Å². The van der Waals surface area contributed by atoms with Crippen LogP contribution >= 0.6 is 21.7 Å². The minimum absolute atomic E-state index is 0. The van der Waals surface area contributed by atoms with Gasteiger partial charge in [-0.3, -0.25) is 14.1 Å². The van der Waals surface area contributed by atoms with Crippen LogP contribution in [0.5, 0.6) is 0 Å². The van der Waals surface area contributed by atoms with Crippen LogP contribution in [-0.2, 0) is 0 Å². The minimum Gasteiger partial charge on any atom is -0.269 e. The fourth-order valence-corrected chi connectivity index (χ4v) is 1.04. The van der Waals surface area contributed by atoms with Crippen LogP contribution in [0.1, 0.15) is 0 Å². The molecule has 0 aromatic heterocycles. The average Bonchev–Trinajstić information content (AvgIpc) is 1.90. The van der Waals surface area contributed by atoms with Crippen LogP contribution in [-0.4, -0.2) is 0 Å². The van der Waals surface area contributed by atoms with Crippen molar-refractivity contribution >= 4 is 21.7 Å². The van der Waals surface area contributed by atoms with Crippen LogP contribution in [0, 0.1) is 0 Å². The zero-order chi connectivity index (χ0) is 5.82. The van der Waals surface area contributed by atoms with E-state index in [-0.39, 0.29) is 14.1 Å². The predicted molar refractivity (Wildman–Crippen MR) is 45.7 cm³/mol. The second kappa shape index (κ2) is 9.65. The second-order valence-corrected chi connectivity index (χ2v) is 2.48. The van der Waals surface area contributed by atoms with Gasteiger partial charge in [0, 0.05) is 4.90 Å². The van der Waals surface area contributed by atoms with Crippen LogP contribution in [0.4, 0.5) is 14.1 Å². The van der Waals surface area contributed by atoms with Gasteiger partial charge < -0.3 is 0 Å². The smallest absolute Gasteiger partial charge is 0.0233 e. The highest BCUT2D eigenvalue weighted by molar-refractivity contribution is 8.21. The first kappa shape index (κ1) is 16.9. The van der Waals surface area contributed by atoms with Gasteiger partial charge in [0.15, 0.2) is 0 Å². The number of halogens is 4. The van der Waals surface area contributed by atoms with E-state index in [1.54, 1.807) is 0 Å². The monoisotopic (exact) mass is 204 g/mol. The Bertz CT molecular complexity index is 159. The molecule has 0 radical (unpaired) electrons. The first-order valence-electron chi connectivity index (χ1n) is 2.27. The number of hydrogen-bond acceptors (Lipinski definition) is 1. The van der Waals surface area contributed by atoms with Crippen molar-refractivity contribution in [2.75, 3.05) is 0 Å². The molecule has 0 aliphatic rings. The maximum absolute atomic E-state index is 5.44. The molecule has 0 aliphatic carbocycles. The van der Waals surface area contributed by atoms with Crippen LogP contribution in [0.25, 0.3) is 0 Å². The molecule has 0 heterocycles. The molecule has 0 saturated carbocycles. The third-order valence-corrected chi connectivity index (χ3v) is 1.82. The SMILES string of the molecule is ClSc1ccccc1.F.F.F. The summed E-state index contributed by atoms with van der Waals surface area (Å²) < 4.78 is 0. The Kier molecular flexibility index (Phi) is 14.9. The summed E-state index contributed by atoms with van der Waals surface area (Å²) in [6.45, 7) is 0. The summed E-state index contributed by atoms with van der Waals surface area (Å²) in [5.74, 6) is 0.